The lowest BCUT2D eigenvalue weighted by molar-refractivity contribution is -0.132. The Balaban J connectivity index is 1.86. The average Bonchev–Trinajstić information content (AvgIpc) is 3.06. The zero-order chi connectivity index (χ0) is 17.5. The summed E-state index contributed by atoms with van der Waals surface area (Å²) in [6, 6.07) is 7.14. The van der Waals surface area contributed by atoms with Crippen LogP contribution >= 0.6 is 0 Å². The van der Waals surface area contributed by atoms with E-state index in [-0.39, 0.29) is 12.3 Å². The third-order valence-electron chi connectivity index (χ3n) is 4.07. The highest BCUT2D eigenvalue weighted by Gasteiger charge is 2.51. The molecule has 7 heteroatoms. The van der Waals surface area contributed by atoms with E-state index in [1.165, 1.54) is 19.2 Å². The Morgan fingerprint density at radius 1 is 1.29 bits per heavy atom. The molecule has 0 spiro atoms. The number of urea groups is 1. The third-order valence-corrected chi connectivity index (χ3v) is 4.07. The molecule has 0 saturated carbocycles. The summed E-state index contributed by atoms with van der Waals surface area (Å²) in [6.07, 6.45) is 0. The van der Waals surface area contributed by atoms with Crippen molar-refractivity contribution in [3.05, 3.63) is 53.2 Å². The van der Waals surface area contributed by atoms with Crippen molar-refractivity contribution in [2.75, 3.05) is 7.11 Å². The number of methoxy groups -OCH3 is 1. The number of amides is 3. The largest absolute Gasteiger partial charge is 0.494 e. The van der Waals surface area contributed by atoms with Gasteiger partial charge < -0.3 is 14.5 Å². The number of aryl methyl sites for hydroxylation is 1. The molecule has 0 aliphatic carbocycles. The molecule has 0 bridgehead atoms. The van der Waals surface area contributed by atoms with Crippen LogP contribution in [0.3, 0.4) is 0 Å². The molecule has 1 aliphatic rings. The Labute approximate surface area is 138 Å². The van der Waals surface area contributed by atoms with Gasteiger partial charge in [0.2, 0.25) is 0 Å². The molecule has 1 aliphatic heterocycles. The van der Waals surface area contributed by atoms with Gasteiger partial charge in [0.05, 0.1) is 13.7 Å². The second kappa shape index (κ2) is 5.67. The monoisotopic (exact) mass is 332 g/mol. The number of nitrogens with one attached hydrogen (secondary N) is 1. The maximum Gasteiger partial charge on any atom is 0.325 e. The molecule has 1 aromatic carbocycles. The number of hydrogen-bond donors (Lipinski definition) is 1. The molecular formula is C17H17FN2O4. The Morgan fingerprint density at radius 3 is 2.62 bits per heavy atom. The molecule has 2 heterocycles. The van der Waals surface area contributed by atoms with E-state index in [9.17, 15) is 14.0 Å². The van der Waals surface area contributed by atoms with Crippen molar-refractivity contribution in [3.63, 3.8) is 0 Å². The van der Waals surface area contributed by atoms with E-state index in [0.717, 1.165) is 4.90 Å². The van der Waals surface area contributed by atoms with Gasteiger partial charge in [0.1, 0.15) is 11.5 Å². The van der Waals surface area contributed by atoms with E-state index in [1.807, 2.05) is 0 Å². The topological polar surface area (TPSA) is 71.8 Å². The zero-order valence-corrected chi connectivity index (χ0v) is 13.6. The lowest BCUT2D eigenvalue weighted by Gasteiger charge is -2.19. The van der Waals surface area contributed by atoms with Crippen LogP contribution in [-0.2, 0) is 16.9 Å². The first-order chi connectivity index (χ1) is 11.3. The first kappa shape index (κ1) is 16.0. The second-order valence-electron chi connectivity index (χ2n) is 5.83. The predicted octanol–water partition coefficient (Wildman–Crippen LogP) is 2.70. The smallest absolute Gasteiger partial charge is 0.325 e. The molecule has 24 heavy (non-hydrogen) atoms. The van der Waals surface area contributed by atoms with Gasteiger partial charge in [0, 0.05) is 0 Å². The average molecular weight is 332 g/mol. The van der Waals surface area contributed by atoms with Crippen LogP contribution in [0.4, 0.5) is 9.18 Å². The number of furan rings is 1. The molecule has 1 atom stereocenters. The van der Waals surface area contributed by atoms with Crippen molar-refractivity contribution >= 4 is 11.9 Å². The fourth-order valence-electron chi connectivity index (χ4n) is 2.70. The molecular weight excluding hydrogens is 315 g/mol. The van der Waals surface area contributed by atoms with E-state index >= 15 is 0 Å². The molecule has 0 radical (unpaired) electrons. The maximum absolute atomic E-state index is 13.8. The summed E-state index contributed by atoms with van der Waals surface area (Å²) in [7, 11) is 1.37. The molecule has 3 amide bonds. The number of benzene rings is 1. The molecule has 1 aromatic heterocycles. The van der Waals surface area contributed by atoms with Crippen LogP contribution in [0, 0.1) is 12.7 Å². The van der Waals surface area contributed by atoms with Crippen molar-refractivity contribution in [1.82, 2.24) is 10.2 Å². The highest BCUT2D eigenvalue weighted by molar-refractivity contribution is 6.06. The minimum Gasteiger partial charge on any atom is -0.494 e. The second-order valence-corrected chi connectivity index (χ2v) is 5.83. The predicted molar refractivity (Wildman–Crippen MR) is 82.8 cm³/mol. The van der Waals surface area contributed by atoms with Gasteiger partial charge in [-0.25, -0.2) is 9.18 Å². The van der Waals surface area contributed by atoms with Crippen molar-refractivity contribution in [3.8, 4) is 5.75 Å². The SMILES string of the molecule is COc1ccc(CN2C(=O)N[C@@](C)(c3ccc(C)o3)C2=O)cc1F. The van der Waals surface area contributed by atoms with Gasteiger partial charge in [-0.05, 0) is 43.7 Å². The lowest BCUT2D eigenvalue weighted by Crippen LogP contribution is -2.40. The quantitative estimate of drug-likeness (QED) is 0.874. The Morgan fingerprint density at radius 2 is 2.04 bits per heavy atom. The number of imide groups is 1. The maximum atomic E-state index is 13.8. The minimum absolute atomic E-state index is 0.0408. The van der Waals surface area contributed by atoms with Crippen LogP contribution < -0.4 is 10.1 Å². The molecule has 6 nitrogen and oxygen atoms in total. The Kier molecular flexibility index (Phi) is 3.79. The van der Waals surface area contributed by atoms with Crippen molar-refractivity contribution < 1.29 is 23.1 Å². The Bertz CT molecular complexity index is 817. The normalized spacial score (nSPS) is 20.4. The van der Waals surface area contributed by atoms with Crippen molar-refractivity contribution in [1.29, 1.82) is 0 Å². The highest BCUT2D eigenvalue weighted by atomic mass is 19.1. The summed E-state index contributed by atoms with van der Waals surface area (Å²) in [5, 5.41) is 2.64. The van der Waals surface area contributed by atoms with Gasteiger partial charge in [-0.2, -0.15) is 0 Å². The number of halogens is 1. The van der Waals surface area contributed by atoms with Gasteiger partial charge in [0.25, 0.3) is 5.91 Å². The van der Waals surface area contributed by atoms with Crippen molar-refractivity contribution in [2.24, 2.45) is 0 Å². The molecule has 2 aromatic rings. The van der Waals surface area contributed by atoms with Gasteiger partial charge in [-0.15, -0.1) is 0 Å². The molecule has 126 valence electrons. The molecule has 1 saturated heterocycles. The summed E-state index contributed by atoms with van der Waals surface area (Å²) in [5.74, 6) is 0.113. The third kappa shape index (κ3) is 2.51. The molecule has 3 rings (SSSR count). The summed E-state index contributed by atoms with van der Waals surface area (Å²) in [6.45, 7) is 3.30. The van der Waals surface area contributed by atoms with Crippen LogP contribution in [0.5, 0.6) is 5.75 Å². The molecule has 1 N–H and O–H groups in total. The summed E-state index contributed by atoms with van der Waals surface area (Å²) in [5.41, 5.74) is -0.784. The van der Waals surface area contributed by atoms with Crippen LogP contribution in [0.1, 0.15) is 24.0 Å². The number of carbonyl (C=O) groups excluding carboxylic acids is 2. The van der Waals surface area contributed by atoms with Gasteiger partial charge in [-0.1, -0.05) is 6.07 Å². The van der Waals surface area contributed by atoms with E-state index in [0.29, 0.717) is 17.1 Å². The van der Waals surface area contributed by atoms with E-state index in [2.05, 4.69) is 5.32 Å². The van der Waals surface area contributed by atoms with E-state index in [1.54, 1.807) is 32.0 Å². The first-order valence-electron chi connectivity index (χ1n) is 7.38. The molecule has 1 fully saturated rings. The fraction of sp³-hybridized carbons (Fsp3) is 0.294. The minimum atomic E-state index is -1.27. The summed E-state index contributed by atoms with van der Waals surface area (Å²) in [4.78, 5) is 26.0. The number of nitrogens with zero attached hydrogens (tertiary/aromatic N) is 1. The molecule has 0 unspecified atom stereocenters. The van der Waals surface area contributed by atoms with Crippen molar-refractivity contribution in [2.45, 2.75) is 25.9 Å². The summed E-state index contributed by atoms with van der Waals surface area (Å²) >= 11 is 0. The van der Waals surface area contributed by atoms with Gasteiger partial charge in [-0.3, -0.25) is 9.69 Å². The lowest BCUT2D eigenvalue weighted by atomic mass is 9.99. The van der Waals surface area contributed by atoms with Crippen LogP contribution in [0.25, 0.3) is 0 Å². The fourth-order valence-corrected chi connectivity index (χ4v) is 2.70. The van der Waals surface area contributed by atoms with E-state index < -0.39 is 23.3 Å². The zero-order valence-electron chi connectivity index (χ0n) is 13.6. The van der Waals surface area contributed by atoms with E-state index in [4.69, 9.17) is 9.15 Å². The van der Waals surface area contributed by atoms with Gasteiger partial charge >= 0.3 is 6.03 Å². The standard InChI is InChI=1S/C17H17FN2O4/c1-10-4-7-14(24-10)17(2)15(21)20(16(22)19-17)9-11-5-6-13(23-3)12(18)8-11/h4-8H,9H2,1-3H3,(H,19,22)/t17-/m0/s1. The first-order valence-corrected chi connectivity index (χ1v) is 7.38. The number of ether oxygens (including phenoxy) is 1. The number of rotatable bonds is 4. The number of carbonyl (C=O) groups is 2. The summed E-state index contributed by atoms with van der Waals surface area (Å²) < 4.78 is 24.2. The highest BCUT2D eigenvalue weighted by Crippen LogP contribution is 2.31. The van der Waals surface area contributed by atoms with Crippen LogP contribution in [0.15, 0.2) is 34.7 Å². The van der Waals surface area contributed by atoms with Gasteiger partial charge in [0.15, 0.2) is 17.1 Å². The Hall–Kier alpha value is -2.83. The number of hydrogen-bond acceptors (Lipinski definition) is 4. The van der Waals surface area contributed by atoms with Crippen LogP contribution in [0.2, 0.25) is 0 Å². The van der Waals surface area contributed by atoms with Crippen LogP contribution in [-0.4, -0.2) is 23.9 Å².